The van der Waals surface area contributed by atoms with Crippen LogP contribution in [0.4, 0.5) is 18.9 Å². The van der Waals surface area contributed by atoms with Crippen LogP contribution in [0.2, 0.25) is 0 Å². The summed E-state index contributed by atoms with van der Waals surface area (Å²) in [6, 6.07) is 16.5. The third-order valence-corrected chi connectivity index (χ3v) is 7.90. The molecule has 0 N–H and O–H groups in total. The fourth-order valence-corrected chi connectivity index (χ4v) is 6.08. The number of piperazine rings is 1. The van der Waals surface area contributed by atoms with Crippen LogP contribution in [0, 0.1) is 11.3 Å². The molecular formula is C24H27F3N2. The SMILES string of the molecule is C[C@H]1C2(CN3CCN(c4ccccc4)CC3)CC1(c1ccc(C(F)(F)F)cc1)C2. The zero-order valence-electron chi connectivity index (χ0n) is 16.8. The lowest BCUT2D eigenvalue weighted by atomic mass is 9.28. The first-order valence-corrected chi connectivity index (χ1v) is 10.5. The van der Waals surface area contributed by atoms with Crippen LogP contribution >= 0.6 is 0 Å². The summed E-state index contributed by atoms with van der Waals surface area (Å²) in [6.07, 6.45) is -2.02. The molecule has 6 rings (SSSR count). The van der Waals surface area contributed by atoms with E-state index in [4.69, 9.17) is 0 Å². The molecule has 2 bridgehead atoms. The van der Waals surface area contributed by atoms with Gasteiger partial charge in [-0.2, -0.15) is 13.2 Å². The molecule has 0 amide bonds. The van der Waals surface area contributed by atoms with Crippen LogP contribution in [-0.2, 0) is 11.6 Å². The molecule has 2 aromatic carbocycles. The van der Waals surface area contributed by atoms with E-state index in [9.17, 15) is 13.2 Å². The molecule has 154 valence electrons. The Kier molecular flexibility index (Phi) is 4.25. The van der Waals surface area contributed by atoms with Crippen LogP contribution in [0.1, 0.15) is 30.9 Å². The number of anilines is 1. The van der Waals surface area contributed by atoms with E-state index in [-0.39, 0.29) is 5.41 Å². The lowest BCUT2D eigenvalue weighted by molar-refractivity contribution is -0.222. The Bertz CT molecular complexity index is 861. The van der Waals surface area contributed by atoms with Crippen molar-refractivity contribution >= 4 is 5.69 Å². The van der Waals surface area contributed by atoms with Gasteiger partial charge >= 0.3 is 6.18 Å². The Morgan fingerprint density at radius 3 is 2.07 bits per heavy atom. The highest BCUT2D eigenvalue weighted by Crippen LogP contribution is 2.77. The van der Waals surface area contributed by atoms with Gasteiger partial charge in [-0.25, -0.2) is 0 Å². The van der Waals surface area contributed by atoms with Gasteiger partial charge in [0, 0.05) is 38.4 Å². The lowest BCUT2D eigenvalue weighted by Gasteiger charge is -2.77. The summed E-state index contributed by atoms with van der Waals surface area (Å²) in [6.45, 7) is 7.69. The Morgan fingerprint density at radius 2 is 1.52 bits per heavy atom. The van der Waals surface area contributed by atoms with Crippen molar-refractivity contribution in [3.8, 4) is 0 Å². The summed E-state index contributed by atoms with van der Waals surface area (Å²) in [5.74, 6) is 0.541. The van der Waals surface area contributed by atoms with E-state index in [2.05, 4.69) is 47.1 Å². The van der Waals surface area contributed by atoms with Gasteiger partial charge in [-0.05, 0) is 59.4 Å². The van der Waals surface area contributed by atoms with E-state index in [0.29, 0.717) is 11.3 Å². The second kappa shape index (κ2) is 6.49. The molecule has 0 unspecified atom stereocenters. The standard InChI is InChI=1S/C24H27F3N2/c1-18-22(17-28-11-13-29(14-12-28)21-5-3-2-4-6-21)15-23(18,16-22)19-7-9-20(10-8-19)24(25,26)27/h2-10,18H,11-17H2,1H3/t18-,22?,23?/m0/s1. The maximum Gasteiger partial charge on any atom is 0.416 e. The second-order valence-corrected chi connectivity index (χ2v) is 9.27. The first-order chi connectivity index (χ1) is 13.8. The van der Waals surface area contributed by atoms with E-state index >= 15 is 0 Å². The van der Waals surface area contributed by atoms with Gasteiger partial charge in [0.05, 0.1) is 5.56 Å². The largest absolute Gasteiger partial charge is 0.416 e. The molecule has 0 radical (unpaired) electrons. The van der Waals surface area contributed by atoms with E-state index in [1.165, 1.54) is 17.8 Å². The molecule has 3 aliphatic carbocycles. The zero-order chi connectivity index (χ0) is 20.3. The monoisotopic (exact) mass is 400 g/mol. The van der Waals surface area contributed by atoms with Gasteiger partial charge in [0.1, 0.15) is 0 Å². The minimum absolute atomic E-state index is 0.107. The van der Waals surface area contributed by atoms with Crippen molar-refractivity contribution in [2.75, 3.05) is 37.6 Å². The molecule has 1 atom stereocenters. The normalized spacial score (nSPS) is 31.9. The fraction of sp³-hybridized carbons (Fsp3) is 0.500. The molecule has 1 saturated heterocycles. The van der Waals surface area contributed by atoms with Gasteiger partial charge in [0.15, 0.2) is 0 Å². The molecule has 1 heterocycles. The number of rotatable bonds is 4. The predicted octanol–water partition coefficient (Wildman–Crippen LogP) is 5.20. The molecule has 4 aliphatic rings. The summed E-state index contributed by atoms with van der Waals surface area (Å²) in [4.78, 5) is 5.04. The average Bonchev–Trinajstić information content (AvgIpc) is 2.71. The number of para-hydroxylation sites is 1. The van der Waals surface area contributed by atoms with Gasteiger partial charge < -0.3 is 4.90 Å². The molecular weight excluding hydrogens is 373 g/mol. The summed E-state index contributed by atoms with van der Waals surface area (Å²) in [7, 11) is 0. The van der Waals surface area contributed by atoms with Gasteiger partial charge in [-0.1, -0.05) is 37.3 Å². The van der Waals surface area contributed by atoms with Crippen LogP contribution in [0.15, 0.2) is 54.6 Å². The second-order valence-electron chi connectivity index (χ2n) is 9.27. The van der Waals surface area contributed by atoms with Crippen molar-refractivity contribution in [3.05, 3.63) is 65.7 Å². The van der Waals surface area contributed by atoms with Gasteiger partial charge in [-0.15, -0.1) is 0 Å². The third-order valence-electron chi connectivity index (χ3n) is 7.90. The number of hydrogen-bond donors (Lipinski definition) is 0. The van der Waals surface area contributed by atoms with E-state index in [1.54, 1.807) is 12.1 Å². The molecule has 4 fully saturated rings. The predicted molar refractivity (Wildman–Crippen MR) is 109 cm³/mol. The zero-order valence-corrected chi connectivity index (χ0v) is 16.8. The maximum absolute atomic E-state index is 12.8. The topological polar surface area (TPSA) is 6.48 Å². The van der Waals surface area contributed by atoms with Crippen molar-refractivity contribution in [2.45, 2.75) is 31.4 Å². The van der Waals surface area contributed by atoms with E-state index in [1.807, 2.05) is 0 Å². The third kappa shape index (κ3) is 2.97. The Morgan fingerprint density at radius 1 is 0.897 bits per heavy atom. The first-order valence-electron chi connectivity index (χ1n) is 10.5. The molecule has 3 saturated carbocycles. The lowest BCUT2D eigenvalue weighted by Crippen LogP contribution is -2.75. The van der Waals surface area contributed by atoms with Crippen molar-refractivity contribution in [2.24, 2.45) is 11.3 Å². The first kappa shape index (κ1) is 19.0. The molecule has 2 aromatic rings. The Hall–Kier alpha value is -2.01. The number of hydrogen-bond acceptors (Lipinski definition) is 2. The molecule has 0 aromatic heterocycles. The molecule has 1 aliphatic heterocycles. The van der Waals surface area contributed by atoms with Crippen LogP contribution in [0.25, 0.3) is 0 Å². The Balaban J connectivity index is 1.18. The summed E-state index contributed by atoms with van der Waals surface area (Å²) in [5.41, 5.74) is 2.31. The highest BCUT2D eigenvalue weighted by molar-refractivity contribution is 5.46. The number of benzene rings is 2. The minimum atomic E-state index is -4.26. The van der Waals surface area contributed by atoms with Crippen molar-refractivity contribution in [1.82, 2.24) is 4.90 Å². The van der Waals surface area contributed by atoms with Crippen LogP contribution in [-0.4, -0.2) is 37.6 Å². The van der Waals surface area contributed by atoms with Crippen LogP contribution in [0.5, 0.6) is 0 Å². The number of halogens is 3. The molecule has 2 nitrogen and oxygen atoms in total. The molecule has 0 spiro atoms. The van der Waals surface area contributed by atoms with Gasteiger partial charge in [-0.3, -0.25) is 4.90 Å². The maximum atomic E-state index is 12.8. The molecule has 29 heavy (non-hydrogen) atoms. The van der Waals surface area contributed by atoms with Crippen LogP contribution < -0.4 is 4.90 Å². The smallest absolute Gasteiger partial charge is 0.369 e. The van der Waals surface area contributed by atoms with Crippen molar-refractivity contribution in [3.63, 3.8) is 0 Å². The van der Waals surface area contributed by atoms with Crippen molar-refractivity contribution < 1.29 is 13.2 Å². The van der Waals surface area contributed by atoms with Gasteiger partial charge in [0.25, 0.3) is 0 Å². The summed E-state index contributed by atoms with van der Waals surface area (Å²) < 4.78 is 38.5. The highest BCUT2D eigenvalue weighted by atomic mass is 19.4. The van der Waals surface area contributed by atoms with E-state index < -0.39 is 11.7 Å². The highest BCUT2D eigenvalue weighted by Gasteiger charge is 2.73. The summed E-state index contributed by atoms with van der Waals surface area (Å²) in [5, 5.41) is 0. The quantitative estimate of drug-likeness (QED) is 0.696. The average molecular weight is 400 g/mol. The van der Waals surface area contributed by atoms with E-state index in [0.717, 1.165) is 51.1 Å². The fourth-order valence-electron chi connectivity index (χ4n) is 6.08. The number of alkyl halides is 3. The van der Waals surface area contributed by atoms with Crippen LogP contribution in [0.3, 0.4) is 0 Å². The van der Waals surface area contributed by atoms with Crippen molar-refractivity contribution in [1.29, 1.82) is 0 Å². The molecule has 5 heteroatoms. The number of nitrogens with zero attached hydrogens (tertiary/aromatic N) is 2. The minimum Gasteiger partial charge on any atom is -0.369 e. The Labute approximate surface area is 170 Å². The van der Waals surface area contributed by atoms with Gasteiger partial charge in [0.2, 0.25) is 0 Å². The summed E-state index contributed by atoms with van der Waals surface area (Å²) >= 11 is 0.